The van der Waals surface area contributed by atoms with E-state index in [1.807, 2.05) is 0 Å². The lowest BCUT2D eigenvalue weighted by Gasteiger charge is -2.51. The zero-order valence-electron chi connectivity index (χ0n) is 11.7. The van der Waals surface area contributed by atoms with Crippen LogP contribution in [0.3, 0.4) is 0 Å². The van der Waals surface area contributed by atoms with Crippen molar-refractivity contribution in [3.63, 3.8) is 0 Å². The fourth-order valence-electron chi connectivity index (χ4n) is 3.31. The Morgan fingerprint density at radius 1 is 1.35 bits per heavy atom. The summed E-state index contributed by atoms with van der Waals surface area (Å²) in [6.45, 7) is 11.2. The maximum absolute atomic E-state index is 5.74. The predicted molar refractivity (Wildman–Crippen MR) is 71.3 cm³/mol. The van der Waals surface area contributed by atoms with Crippen molar-refractivity contribution < 1.29 is 4.74 Å². The smallest absolute Gasteiger partial charge is 0.0647 e. The molecule has 1 N–H and O–H groups in total. The molecule has 0 aromatic carbocycles. The monoisotopic (exact) mass is 240 g/mol. The first kappa shape index (κ1) is 13.3. The van der Waals surface area contributed by atoms with Gasteiger partial charge in [0, 0.05) is 37.3 Å². The van der Waals surface area contributed by atoms with Crippen LogP contribution in [-0.2, 0) is 4.74 Å². The van der Waals surface area contributed by atoms with E-state index in [0.717, 1.165) is 19.8 Å². The molecule has 2 aliphatic rings. The first-order chi connectivity index (χ1) is 8.19. The van der Waals surface area contributed by atoms with E-state index in [9.17, 15) is 0 Å². The summed E-state index contributed by atoms with van der Waals surface area (Å²) >= 11 is 0. The Hall–Kier alpha value is -0.120. The van der Waals surface area contributed by atoms with E-state index in [1.54, 1.807) is 0 Å². The van der Waals surface area contributed by atoms with Crippen LogP contribution in [0.1, 0.15) is 46.5 Å². The van der Waals surface area contributed by atoms with Gasteiger partial charge in [-0.2, -0.15) is 0 Å². The molecule has 2 saturated heterocycles. The Labute approximate surface area is 106 Å². The summed E-state index contributed by atoms with van der Waals surface area (Å²) in [4.78, 5) is 2.73. The van der Waals surface area contributed by atoms with Crippen LogP contribution < -0.4 is 5.32 Å². The van der Waals surface area contributed by atoms with Crippen molar-refractivity contribution in [2.45, 2.75) is 64.1 Å². The zero-order valence-corrected chi connectivity index (χ0v) is 11.7. The van der Waals surface area contributed by atoms with E-state index in [1.165, 1.54) is 32.2 Å². The van der Waals surface area contributed by atoms with Gasteiger partial charge in [0.15, 0.2) is 0 Å². The number of piperazine rings is 1. The van der Waals surface area contributed by atoms with Crippen molar-refractivity contribution >= 4 is 0 Å². The number of ether oxygens (including phenoxy) is 1. The lowest BCUT2D eigenvalue weighted by molar-refractivity contribution is -0.0722. The molecule has 2 heterocycles. The molecule has 0 saturated carbocycles. The van der Waals surface area contributed by atoms with Gasteiger partial charge in [0.1, 0.15) is 0 Å². The van der Waals surface area contributed by atoms with Crippen molar-refractivity contribution in [1.29, 1.82) is 0 Å². The molecule has 0 spiro atoms. The van der Waals surface area contributed by atoms with Crippen LogP contribution in [0.5, 0.6) is 0 Å². The van der Waals surface area contributed by atoms with Crippen LogP contribution in [0, 0.1) is 0 Å². The molecule has 2 aliphatic heterocycles. The number of nitrogens with one attached hydrogen (secondary N) is 1. The molecule has 100 valence electrons. The summed E-state index contributed by atoms with van der Waals surface area (Å²) in [6.07, 6.45) is 4.97. The summed E-state index contributed by atoms with van der Waals surface area (Å²) in [5, 5.41) is 3.67. The molecule has 0 bridgehead atoms. The second-order valence-corrected chi connectivity index (χ2v) is 5.88. The lowest BCUT2D eigenvalue weighted by Crippen LogP contribution is -2.65. The van der Waals surface area contributed by atoms with Gasteiger partial charge in [0.05, 0.1) is 6.61 Å². The highest BCUT2D eigenvalue weighted by Crippen LogP contribution is 2.30. The molecule has 2 rings (SSSR count). The summed E-state index contributed by atoms with van der Waals surface area (Å²) in [5.74, 6) is 0. The molecule has 17 heavy (non-hydrogen) atoms. The largest absolute Gasteiger partial charge is 0.380 e. The summed E-state index contributed by atoms with van der Waals surface area (Å²) in [7, 11) is 0. The highest BCUT2D eigenvalue weighted by atomic mass is 16.5. The minimum absolute atomic E-state index is 0.272. The van der Waals surface area contributed by atoms with Crippen LogP contribution in [-0.4, -0.2) is 48.8 Å². The molecule has 0 aromatic rings. The van der Waals surface area contributed by atoms with Crippen LogP contribution in [0.2, 0.25) is 0 Å². The topological polar surface area (TPSA) is 24.5 Å². The lowest BCUT2D eigenvalue weighted by atomic mass is 9.88. The van der Waals surface area contributed by atoms with E-state index in [2.05, 4.69) is 31.0 Å². The van der Waals surface area contributed by atoms with Gasteiger partial charge in [0.25, 0.3) is 0 Å². The first-order valence-corrected chi connectivity index (χ1v) is 7.27. The molecule has 0 aliphatic carbocycles. The fraction of sp³-hybridized carbons (Fsp3) is 1.00. The molecular formula is C14H28N2O. The normalized spacial score (nSPS) is 40.4. The van der Waals surface area contributed by atoms with Gasteiger partial charge >= 0.3 is 0 Å². The zero-order chi connectivity index (χ0) is 12.3. The molecule has 3 heteroatoms. The van der Waals surface area contributed by atoms with E-state index in [4.69, 9.17) is 4.74 Å². The highest BCUT2D eigenvalue weighted by Gasteiger charge is 2.40. The van der Waals surface area contributed by atoms with Gasteiger partial charge < -0.3 is 10.1 Å². The molecule has 2 fully saturated rings. The van der Waals surface area contributed by atoms with Gasteiger partial charge in [-0.15, -0.1) is 0 Å². The third-order valence-electron chi connectivity index (χ3n) is 4.57. The van der Waals surface area contributed by atoms with E-state index in [0.29, 0.717) is 12.1 Å². The molecule has 0 amide bonds. The average molecular weight is 240 g/mol. The maximum Gasteiger partial charge on any atom is 0.0647 e. The molecular weight excluding hydrogens is 212 g/mol. The van der Waals surface area contributed by atoms with Crippen LogP contribution in [0.4, 0.5) is 0 Å². The van der Waals surface area contributed by atoms with Crippen molar-refractivity contribution in [2.24, 2.45) is 0 Å². The molecule has 3 unspecified atom stereocenters. The Balaban J connectivity index is 2.07. The van der Waals surface area contributed by atoms with E-state index in [-0.39, 0.29) is 5.54 Å². The van der Waals surface area contributed by atoms with Crippen molar-refractivity contribution in [2.75, 3.05) is 26.3 Å². The minimum atomic E-state index is 0.272. The Kier molecular flexibility index (Phi) is 4.45. The quantitative estimate of drug-likeness (QED) is 0.817. The van der Waals surface area contributed by atoms with Gasteiger partial charge in [-0.1, -0.05) is 13.8 Å². The maximum atomic E-state index is 5.74. The van der Waals surface area contributed by atoms with Gasteiger partial charge in [-0.05, 0) is 32.6 Å². The Morgan fingerprint density at radius 3 is 2.76 bits per heavy atom. The first-order valence-electron chi connectivity index (χ1n) is 7.27. The van der Waals surface area contributed by atoms with Gasteiger partial charge in [-0.25, -0.2) is 0 Å². The summed E-state index contributed by atoms with van der Waals surface area (Å²) in [5.41, 5.74) is 0.272. The number of nitrogens with zero attached hydrogens (tertiary/aromatic N) is 1. The number of rotatable bonds is 3. The average Bonchev–Trinajstić information content (AvgIpc) is 2.39. The fourth-order valence-corrected chi connectivity index (χ4v) is 3.31. The Morgan fingerprint density at radius 2 is 2.18 bits per heavy atom. The van der Waals surface area contributed by atoms with Crippen LogP contribution >= 0.6 is 0 Å². The summed E-state index contributed by atoms with van der Waals surface area (Å²) < 4.78 is 5.74. The highest BCUT2D eigenvalue weighted by molar-refractivity contribution is 4.97. The van der Waals surface area contributed by atoms with Crippen molar-refractivity contribution in [3.05, 3.63) is 0 Å². The molecule has 0 radical (unpaired) electrons. The number of hydrogen-bond donors (Lipinski definition) is 1. The predicted octanol–water partition coefficient (Wildman–Crippen LogP) is 2.02. The summed E-state index contributed by atoms with van der Waals surface area (Å²) in [6, 6.07) is 1.35. The second-order valence-electron chi connectivity index (χ2n) is 5.88. The minimum Gasteiger partial charge on any atom is -0.380 e. The third-order valence-corrected chi connectivity index (χ3v) is 4.57. The van der Waals surface area contributed by atoms with Gasteiger partial charge in [-0.3, -0.25) is 4.90 Å². The molecule has 3 nitrogen and oxygen atoms in total. The molecule has 3 atom stereocenters. The van der Waals surface area contributed by atoms with Crippen LogP contribution in [0.15, 0.2) is 0 Å². The van der Waals surface area contributed by atoms with E-state index < -0.39 is 0 Å². The van der Waals surface area contributed by atoms with Crippen LogP contribution in [0.25, 0.3) is 0 Å². The standard InChI is InChI=1S/C14H28N2O/c1-4-12-10-16(13(5-2)9-15-12)14(3)7-6-8-17-11-14/h12-13,15H,4-11H2,1-3H3. The van der Waals surface area contributed by atoms with Crippen molar-refractivity contribution in [1.82, 2.24) is 10.2 Å². The molecule has 0 aromatic heterocycles. The SMILES string of the molecule is CCC1CN(C2(C)CCCOC2)C(CC)CN1. The second kappa shape index (κ2) is 5.68. The number of hydrogen-bond acceptors (Lipinski definition) is 3. The Bertz CT molecular complexity index is 238. The third kappa shape index (κ3) is 2.83. The van der Waals surface area contributed by atoms with Gasteiger partial charge in [0.2, 0.25) is 0 Å². The van der Waals surface area contributed by atoms with E-state index >= 15 is 0 Å². The van der Waals surface area contributed by atoms with Crippen molar-refractivity contribution in [3.8, 4) is 0 Å².